The molecule has 1 aliphatic heterocycles. The van der Waals surface area contributed by atoms with Gasteiger partial charge in [0.25, 0.3) is 5.56 Å². The summed E-state index contributed by atoms with van der Waals surface area (Å²) in [6.07, 6.45) is -0.764. The first-order valence-electron chi connectivity index (χ1n) is 8.72. The van der Waals surface area contributed by atoms with Crippen molar-refractivity contribution in [3.8, 4) is 5.75 Å². The van der Waals surface area contributed by atoms with E-state index < -0.39 is 35.7 Å². The molecule has 0 bridgehead atoms. The van der Waals surface area contributed by atoms with Gasteiger partial charge in [0.2, 0.25) is 0 Å². The fraction of sp³-hybridized carbons (Fsp3) is 0.389. The Kier molecular flexibility index (Phi) is 5.81. The van der Waals surface area contributed by atoms with E-state index in [1.54, 1.807) is 31.2 Å². The standard InChI is InChI=1S/C18H22N4O6/c1-10-9-22(18(26)21-16(10)24)15-7-12(23)14(28-15)8-19-17(25)20-11-5-3-4-6-13(11)27-2/h3-6,9,12,14-15,23H,7-8H2,1-2H3,(H2,19,20,25)(H,21,24,26)/t12-,14+,15+/m0/s1. The highest BCUT2D eigenvalue weighted by Gasteiger charge is 2.35. The maximum atomic E-state index is 12.1. The van der Waals surface area contributed by atoms with Gasteiger partial charge in [-0.2, -0.15) is 0 Å². The van der Waals surface area contributed by atoms with Gasteiger partial charge in [0.1, 0.15) is 18.1 Å². The summed E-state index contributed by atoms with van der Waals surface area (Å²) < 4.78 is 12.1. The van der Waals surface area contributed by atoms with Crippen molar-refractivity contribution in [3.05, 3.63) is 56.9 Å². The molecule has 3 atom stereocenters. The number of hydrogen-bond donors (Lipinski definition) is 4. The third-order valence-corrected chi connectivity index (χ3v) is 4.48. The SMILES string of the molecule is COc1ccccc1NC(=O)NC[C@H]1O[C@@H](n2cc(C)c(=O)[nH]c2=O)C[C@@H]1O. The number of carbonyl (C=O) groups excluding carboxylic acids is 1. The second-order valence-electron chi connectivity index (χ2n) is 6.45. The summed E-state index contributed by atoms with van der Waals surface area (Å²) in [7, 11) is 1.50. The van der Waals surface area contributed by atoms with Crippen LogP contribution in [-0.2, 0) is 4.74 Å². The molecule has 0 spiro atoms. The van der Waals surface area contributed by atoms with Crippen LogP contribution in [0.15, 0.2) is 40.1 Å². The third kappa shape index (κ3) is 4.24. The Labute approximate surface area is 160 Å². The van der Waals surface area contributed by atoms with Gasteiger partial charge in [0.15, 0.2) is 0 Å². The molecule has 2 amide bonds. The Hall–Kier alpha value is -3.11. The van der Waals surface area contributed by atoms with Gasteiger partial charge in [0.05, 0.1) is 18.9 Å². The van der Waals surface area contributed by atoms with Crippen molar-refractivity contribution in [1.82, 2.24) is 14.9 Å². The highest BCUT2D eigenvalue weighted by atomic mass is 16.5. The number of hydrogen-bond acceptors (Lipinski definition) is 6. The number of anilines is 1. The number of carbonyl (C=O) groups is 1. The summed E-state index contributed by atoms with van der Waals surface area (Å²) in [4.78, 5) is 37.8. The molecule has 0 unspecified atom stereocenters. The number of aryl methyl sites for hydroxylation is 1. The lowest BCUT2D eigenvalue weighted by Gasteiger charge is -2.17. The molecule has 4 N–H and O–H groups in total. The minimum atomic E-state index is -0.879. The molecule has 28 heavy (non-hydrogen) atoms. The summed E-state index contributed by atoms with van der Waals surface area (Å²) in [6, 6.07) is 6.47. The number of aliphatic hydroxyl groups is 1. The van der Waals surface area contributed by atoms with Crippen LogP contribution in [-0.4, -0.2) is 46.6 Å². The fourth-order valence-electron chi connectivity index (χ4n) is 2.98. The van der Waals surface area contributed by atoms with E-state index in [-0.39, 0.29) is 13.0 Å². The molecule has 1 aliphatic rings. The Balaban J connectivity index is 1.60. The maximum absolute atomic E-state index is 12.1. The normalized spacial score (nSPS) is 21.3. The summed E-state index contributed by atoms with van der Waals surface area (Å²) in [5.74, 6) is 0.516. The van der Waals surface area contributed by atoms with Gasteiger partial charge in [-0.05, 0) is 19.1 Å². The minimum absolute atomic E-state index is 0.0374. The van der Waals surface area contributed by atoms with Crippen LogP contribution >= 0.6 is 0 Å². The van der Waals surface area contributed by atoms with E-state index in [0.29, 0.717) is 17.0 Å². The molecule has 1 saturated heterocycles. The lowest BCUT2D eigenvalue weighted by molar-refractivity contribution is -0.0178. The van der Waals surface area contributed by atoms with E-state index in [9.17, 15) is 19.5 Å². The Morgan fingerprint density at radius 2 is 2.14 bits per heavy atom. The van der Waals surface area contributed by atoms with E-state index in [1.165, 1.54) is 17.9 Å². The molecule has 0 radical (unpaired) electrons. The number of amides is 2. The number of nitrogens with zero attached hydrogens (tertiary/aromatic N) is 1. The molecular weight excluding hydrogens is 368 g/mol. The molecule has 1 fully saturated rings. The first kappa shape index (κ1) is 19.6. The number of ether oxygens (including phenoxy) is 2. The molecule has 1 aromatic carbocycles. The van der Waals surface area contributed by atoms with Crippen molar-refractivity contribution in [2.45, 2.75) is 31.8 Å². The molecule has 3 rings (SSSR count). The molecule has 0 aliphatic carbocycles. The number of nitrogens with one attached hydrogen (secondary N) is 3. The van der Waals surface area contributed by atoms with Crippen LogP contribution in [0.5, 0.6) is 5.75 Å². The molecule has 1 aromatic heterocycles. The van der Waals surface area contributed by atoms with Crippen molar-refractivity contribution in [3.63, 3.8) is 0 Å². The van der Waals surface area contributed by atoms with Crippen molar-refractivity contribution in [2.24, 2.45) is 0 Å². The Morgan fingerprint density at radius 3 is 2.89 bits per heavy atom. The molecule has 2 heterocycles. The largest absolute Gasteiger partial charge is 0.495 e. The lowest BCUT2D eigenvalue weighted by atomic mass is 10.2. The van der Waals surface area contributed by atoms with E-state index in [0.717, 1.165) is 0 Å². The molecule has 10 nitrogen and oxygen atoms in total. The zero-order valence-corrected chi connectivity index (χ0v) is 15.5. The summed E-state index contributed by atoms with van der Waals surface area (Å²) in [5.41, 5.74) is -0.222. The third-order valence-electron chi connectivity index (χ3n) is 4.48. The summed E-state index contributed by atoms with van der Waals surface area (Å²) in [5, 5.41) is 15.5. The van der Waals surface area contributed by atoms with Crippen molar-refractivity contribution < 1.29 is 19.4 Å². The van der Waals surface area contributed by atoms with Gasteiger partial charge in [-0.25, -0.2) is 9.59 Å². The van der Waals surface area contributed by atoms with Gasteiger partial charge in [-0.3, -0.25) is 14.3 Å². The van der Waals surface area contributed by atoms with E-state index in [2.05, 4.69) is 15.6 Å². The maximum Gasteiger partial charge on any atom is 0.330 e. The molecule has 10 heteroatoms. The first-order valence-corrected chi connectivity index (χ1v) is 8.72. The summed E-state index contributed by atoms with van der Waals surface area (Å²) in [6.45, 7) is 1.61. The zero-order valence-electron chi connectivity index (χ0n) is 15.5. The van der Waals surface area contributed by atoms with Gasteiger partial charge >= 0.3 is 11.7 Å². The highest BCUT2D eigenvalue weighted by molar-refractivity contribution is 5.90. The monoisotopic (exact) mass is 390 g/mol. The number of methoxy groups -OCH3 is 1. The minimum Gasteiger partial charge on any atom is -0.495 e. The predicted octanol–water partition coefficient (Wildman–Crippen LogP) is 0.324. The molecule has 2 aromatic rings. The average molecular weight is 390 g/mol. The highest BCUT2D eigenvalue weighted by Crippen LogP contribution is 2.27. The Morgan fingerprint density at radius 1 is 1.39 bits per heavy atom. The number of para-hydroxylation sites is 2. The van der Waals surface area contributed by atoms with Gasteiger partial charge < -0.3 is 25.2 Å². The number of benzene rings is 1. The molecule has 0 saturated carbocycles. The van der Waals surface area contributed by atoms with Crippen LogP contribution in [0.3, 0.4) is 0 Å². The second-order valence-corrected chi connectivity index (χ2v) is 6.45. The van der Waals surface area contributed by atoms with E-state index >= 15 is 0 Å². The number of aromatic nitrogens is 2. The van der Waals surface area contributed by atoms with Crippen LogP contribution in [0.25, 0.3) is 0 Å². The topological polar surface area (TPSA) is 135 Å². The van der Waals surface area contributed by atoms with Crippen molar-refractivity contribution in [1.29, 1.82) is 0 Å². The van der Waals surface area contributed by atoms with Crippen molar-refractivity contribution in [2.75, 3.05) is 19.0 Å². The van der Waals surface area contributed by atoms with E-state index in [4.69, 9.17) is 9.47 Å². The fourth-order valence-corrected chi connectivity index (χ4v) is 2.98. The zero-order chi connectivity index (χ0) is 20.3. The average Bonchev–Trinajstić information content (AvgIpc) is 3.04. The van der Waals surface area contributed by atoms with E-state index in [1.807, 2.05) is 0 Å². The van der Waals surface area contributed by atoms with Gasteiger partial charge in [0, 0.05) is 24.7 Å². The summed E-state index contributed by atoms with van der Waals surface area (Å²) >= 11 is 0. The van der Waals surface area contributed by atoms with Crippen LogP contribution in [0.4, 0.5) is 10.5 Å². The number of aromatic amines is 1. The van der Waals surface area contributed by atoms with Crippen molar-refractivity contribution >= 4 is 11.7 Å². The number of aliphatic hydroxyl groups excluding tert-OH is 1. The van der Waals surface area contributed by atoms with Crippen LogP contribution in [0.2, 0.25) is 0 Å². The first-order chi connectivity index (χ1) is 13.4. The number of rotatable bonds is 5. The number of urea groups is 1. The van der Waals surface area contributed by atoms with Gasteiger partial charge in [-0.1, -0.05) is 12.1 Å². The van der Waals surface area contributed by atoms with Crippen LogP contribution in [0.1, 0.15) is 18.2 Å². The van der Waals surface area contributed by atoms with Crippen LogP contribution in [0, 0.1) is 6.92 Å². The smallest absolute Gasteiger partial charge is 0.330 e. The molecule has 150 valence electrons. The predicted molar refractivity (Wildman–Crippen MR) is 101 cm³/mol. The van der Waals surface area contributed by atoms with Gasteiger partial charge in [-0.15, -0.1) is 0 Å². The quantitative estimate of drug-likeness (QED) is 0.581. The Bertz CT molecular complexity index is 969. The lowest BCUT2D eigenvalue weighted by Crippen LogP contribution is -2.39. The van der Waals surface area contributed by atoms with Crippen LogP contribution < -0.4 is 26.6 Å². The molecular formula is C18H22N4O6. The number of H-pyrrole nitrogens is 1. The second kappa shape index (κ2) is 8.28.